The largest absolute Gasteiger partial charge is 0.354 e. The Kier molecular flexibility index (Phi) is 1.55. The van der Waals surface area contributed by atoms with E-state index in [0.29, 0.717) is 5.69 Å². The molecule has 2 rings (SSSR count). The molecular formula is C9H12F2N2. The highest BCUT2D eigenvalue weighted by molar-refractivity contribution is 5.34. The minimum Gasteiger partial charge on any atom is -0.354 e. The maximum absolute atomic E-state index is 13.1. The molecule has 13 heavy (non-hydrogen) atoms. The van der Waals surface area contributed by atoms with Gasteiger partial charge in [-0.3, -0.25) is 0 Å². The summed E-state index contributed by atoms with van der Waals surface area (Å²) in [6, 6.07) is 3.48. The van der Waals surface area contributed by atoms with Gasteiger partial charge < -0.3 is 10.3 Å². The molecule has 1 aromatic heterocycles. The monoisotopic (exact) mass is 186 g/mol. The smallest absolute Gasteiger partial charge is 0.261 e. The molecular weight excluding hydrogens is 174 g/mol. The van der Waals surface area contributed by atoms with E-state index >= 15 is 0 Å². The number of nitrogens with zero attached hydrogens (tertiary/aromatic N) is 1. The first-order valence-electron chi connectivity index (χ1n) is 4.23. The van der Waals surface area contributed by atoms with Gasteiger partial charge in [-0.1, -0.05) is 0 Å². The van der Waals surface area contributed by atoms with Gasteiger partial charge in [0, 0.05) is 31.9 Å². The number of aryl methyl sites for hydroxylation is 1. The van der Waals surface area contributed by atoms with Gasteiger partial charge in [-0.25, -0.2) is 8.78 Å². The Labute approximate surface area is 75.3 Å². The molecule has 0 amide bonds. The van der Waals surface area contributed by atoms with Crippen LogP contribution in [0.4, 0.5) is 8.78 Å². The molecule has 72 valence electrons. The summed E-state index contributed by atoms with van der Waals surface area (Å²) in [7, 11) is 1.77. The fourth-order valence-electron chi connectivity index (χ4n) is 1.90. The van der Waals surface area contributed by atoms with Crippen molar-refractivity contribution in [1.82, 2.24) is 4.57 Å². The van der Waals surface area contributed by atoms with Gasteiger partial charge in [0.05, 0.1) is 5.41 Å². The Morgan fingerprint density at radius 2 is 2.23 bits per heavy atom. The molecule has 0 saturated heterocycles. The van der Waals surface area contributed by atoms with E-state index < -0.39 is 11.3 Å². The number of hydrogen-bond donors (Lipinski definition) is 1. The average molecular weight is 186 g/mol. The highest BCUT2D eigenvalue weighted by Crippen LogP contribution is 2.60. The molecule has 0 spiro atoms. The SMILES string of the molecule is Cn1cccc1C1(CN)CC1(F)F. The van der Waals surface area contributed by atoms with Crippen LogP contribution >= 0.6 is 0 Å². The lowest BCUT2D eigenvalue weighted by Gasteiger charge is -2.14. The van der Waals surface area contributed by atoms with Crippen molar-refractivity contribution >= 4 is 0 Å². The van der Waals surface area contributed by atoms with E-state index in [2.05, 4.69) is 0 Å². The first-order valence-corrected chi connectivity index (χ1v) is 4.23. The quantitative estimate of drug-likeness (QED) is 0.740. The van der Waals surface area contributed by atoms with E-state index in [9.17, 15) is 8.78 Å². The number of alkyl halides is 2. The Balaban J connectivity index is 2.41. The van der Waals surface area contributed by atoms with E-state index in [1.807, 2.05) is 0 Å². The van der Waals surface area contributed by atoms with Crippen LogP contribution in [-0.4, -0.2) is 17.0 Å². The van der Waals surface area contributed by atoms with E-state index in [1.54, 1.807) is 29.9 Å². The van der Waals surface area contributed by atoms with Crippen molar-refractivity contribution in [2.45, 2.75) is 17.8 Å². The second kappa shape index (κ2) is 2.32. The summed E-state index contributed by atoms with van der Waals surface area (Å²) in [4.78, 5) is 0. The third-order valence-corrected chi connectivity index (χ3v) is 2.88. The van der Waals surface area contributed by atoms with Gasteiger partial charge in [0.1, 0.15) is 0 Å². The van der Waals surface area contributed by atoms with Crippen molar-refractivity contribution in [3.05, 3.63) is 24.0 Å². The summed E-state index contributed by atoms with van der Waals surface area (Å²) in [5, 5.41) is 0. The Morgan fingerprint density at radius 1 is 1.62 bits per heavy atom. The molecule has 1 aliphatic carbocycles. The lowest BCUT2D eigenvalue weighted by Crippen LogP contribution is -2.28. The second-order valence-electron chi connectivity index (χ2n) is 3.67. The predicted octanol–water partition coefficient (Wildman–Crippen LogP) is 1.26. The molecule has 1 aliphatic rings. The topological polar surface area (TPSA) is 30.9 Å². The van der Waals surface area contributed by atoms with Crippen LogP contribution in [0.15, 0.2) is 18.3 Å². The van der Waals surface area contributed by atoms with Crippen LogP contribution in [0.3, 0.4) is 0 Å². The summed E-state index contributed by atoms with van der Waals surface area (Å²) < 4.78 is 27.9. The van der Waals surface area contributed by atoms with Gasteiger partial charge in [0.25, 0.3) is 5.92 Å². The zero-order valence-corrected chi connectivity index (χ0v) is 7.43. The van der Waals surface area contributed by atoms with Crippen LogP contribution in [-0.2, 0) is 12.5 Å². The molecule has 0 aromatic carbocycles. The van der Waals surface area contributed by atoms with E-state index in [-0.39, 0.29) is 13.0 Å². The summed E-state index contributed by atoms with van der Waals surface area (Å²) in [6.07, 6.45) is 1.65. The van der Waals surface area contributed by atoms with Crippen LogP contribution in [0, 0.1) is 0 Å². The minimum atomic E-state index is -2.62. The summed E-state index contributed by atoms with van der Waals surface area (Å²) in [5.41, 5.74) is 4.96. The first kappa shape index (κ1) is 8.69. The Morgan fingerprint density at radius 3 is 2.54 bits per heavy atom. The molecule has 4 heteroatoms. The summed E-state index contributed by atoms with van der Waals surface area (Å²) >= 11 is 0. The maximum atomic E-state index is 13.1. The molecule has 1 heterocycles. The maximum Gasteiger partial charge on any atom is 0.261 e. The molecule has 1 atom stereocenters. The van der Waals surface area contributed by atoms with Gasteiger partial charge in [0.15, 0.2) is 0 Å². The Hall–Kier alpha value is -0.900. The van der Waals surface area contributed by atoms with E-state index in [4.69, 9.17) is 5.73 Å². The van der Waals surface area contributed by atoms with Crippen molar-refractivity contribution in [3.63, 3.8) is 0 Å². The highest BCUT2D eigenvalue weighted by atomic mass is 19.3. The number of aromatic nitrogens is 1. The van der Waals surface area contributed by atoms with Crippen molar-refractivity contribution in [2.75, 3.05) is 6.54 Å². The van der Waals surface area contributed by atoms with Gasteiger partial charge in [-0.2, -0.15) is 0 Å². The third-order valence-electron chi connectivity index (χ3n) is 2.88. The average Bonchev–Trinajstić information content (AvgIpc) is 2.43. The molecule has 0 radical (unpaired) electrons. The third kappa shape index (κ3) is 0.950. The standard InChI is InChI=1S/C9H12F2N2/c1-13-4-2-3-7(13)8(6-12)5-9(8,10)11/h2-4H,5-6,12H2,1H3. The molecule has 1 saturated carbocycles. The lowest BCUT2D eigenvalue weighted by molar-refractivity contribution is 0.0879. The van der Waals surface area contributed by atoms with E-state index in [1.165, 1.54) is 0 Å². The van der Waals surface area contributed by atoms with Crippen LogP contribution in [0.25, 0.3) is 0 Å². The fraction of sp³-hybridized carbons (Fsp3) is 0.556. The number of rotatable bonds is 2. The van der Waals surface area contributed by atoms with Crippen molar-refractivity contribution in [2.24, 2.45) is 12.8 Å². The van der Waals surface area contributed by atoms with Crippen LogP contribution < -0.4 is 5.73 Å². The molecule has 1 unspecified atom stereocenters. The van der Waals surface area contributed by atoms with Crippen molar-refractivity contribution < 1.29 is 8.78 Å². The number of halogens is 2. The van der Waals surface area contributed by atoms with E-state index in [0.717, 1.165) is 0 Å². The first-order chi connectivity index (χ1) is 6.03. The van der Waals surface area contributed by atoms with Crippen molar-refractivity contribution in [1.29, 1.82) is 0 Å². The summed E-state index contributed by atoms with van der Waals surface area (Å²) in [5.74, 6) is -2.62. The Bertz CT molecular complexity index is 332. The molecule has 2 N–H and O–H groups in total. The molecule has 1 aromatic rings. The van der Waals surface area contributed by atoms with Gasteiger partial charge >= 0.3 is 0 Å². The number of nitrogens with two attached hydrogens (primary N) is 1. The van der Waals surface area contributed by atoms with Crippen molar-refractivity contribution in [3.8, 4) is 0 Å². The normalized spacial score (nSPS) is 30.5. The van der Waals surface area contributed by atoms with Gasteiger partial charge in [0.2, 0.25) is 0 Å². The number of hydrogen-bond acceptors (Lipinski definition) is 1. The molecule has 0 bridgehead atoms. The van der Waals surface area contributed by atoms with Crippen LogP contribution in [0.2, 0.25) is 0 Å². The van der Waals surface area contributed by atoms with Crippen LogP contribution in [0.5, 0.6) is 0 Å². The van der Waals surface area contributed by atoms with Gasteiger partial charge in [-0.15, -0.1) is 0 Å². The second-order valence-corrected chi connectivity index (χ2v) is 3.67. The lowest BCUT2D eigenvalue weighted by atomic mass is 10.0. The van der Waals surface area contributed by atoms with Crippen LogP contribution in [0.1, 0.15) is 12.1 Å². The zero-order valence-electron chi connectivity index (χ0n) is 7.43. The zero-order chi connectivity index (χ0) is 9.69. The predicted molar refractivity (Wildman–Crippen MR) is 45.7 cm³/mol. The molecule has 0 aliphatic heterocycles. The molecule has 1 fully saturated rings. The fourth-order valence-corrected chi connectivity index (χ4v) is 1.90. The minimum absolute atomic E-state index is 0.0118. The molecule has 2 nitrogen and oxygen atoms in total. The highest BCUT2D eigenvalue weighted by Gasteiger charge is 2.72. The summed E-state index contributed by atoms with van der Waals surface area (Å²) in [6.45, 7) is 0.0118. The van der Waals surface area contributed by atoms with Gasteiger partial charge in [-0.05, 0) is 12.1 Å².